The van der Waals surface area contributed by atoms with Crippen molar-refractivity contribution in [3.8, 4) is 11.5 Å². The fourth-order valence-corrected chi connectivity index (χ4v) is 1.93. The number of aromatic nitrogens is 1. The molecule has 2 aromatic rings. The number of aliphatic hydroxyl groups excluding tert-OH is 1. The maximum atomic E-state index is 9.02. The highest BCUT2D eigenvalue weighted by atomic mass is 79.9. The highest BCUT2D eigenvalue weighted by molar-refractivity contribution is 9.10. The van der Waals surface area contributed by atoms with Gasteiger partial charge in [0, 0.05) is 6.20 Å². The topological polar surface area (TPSA) is 42.4 Å². The van der Waals surface area contributed by atoms with Gasteiger partial charge in [-0.25, -0.2) is 0 Å². The predicted molar refractivity (Wildman–Crippen MR) is 69.1 cm³/mol. The molecule has 0 aliphatic carbocycles. The largest absolute Gasteiger partial charge is 0.454 e. The third-order valence-corrected chi connectivity index (χ3v) is 2.98. The summed E-state index contributed by atoms with van der Waals surface area (Å²) in [7, 11) is 0. The summed E-state index contributed by atoms with van der Waals surface area (Å²) in [4.78, 5) is 4.16. The lowest BCUT2D eigenvalue weighted by atomic mass is 10.2. The minimum atomic E-state index is 0.0187. The van der Waals surface area contributed by atoms with E-state index in [0.29, 0.717) is 5.75 Å². The van der Waals surface area contributed by atoms with Crippen LogP contribution in [0.25, 0.3) is 0 Å². The Balaban J connectivity index is 2.28. The second-order valence-electron chi connectivity index (χ2n) is 3.61. The Labute approximate surface area is 108 Å². The number of pyridine rings is 1. The number of hydrogen-bond donors (Lipinski definition) is 1. The second-order valence-corrected chi connectivity index (χ2v) is 4.47. The Morgan fingerprint density at radius 2 is 2.12 bits per heavy atom. The van der Waals surface area contributed by atoms with Crippen molar-refractivity contribution in [2.24, 2.45) is 0 Å². The van der Waals surface area contributed by atoms with Crippen LogP contribution >= 0.6 is 15.9 Å². The molecule has 3 nitrogen and oxygen atoms in total. The van der Waals surface area contributed by atoms with Crippen LogP contribution in [-0.4, -0.2) is 10.1 Å². The van der Waals surface area contributed by atoms with E-state index in [0.717, 1.165) is 21.5 Å². The Kier molecular flexibility index (Phi) is 3.76. The molecule has 0 fully saturated rings. The molecule has 0 bridgehead atoms. The van der Waals surface area contributed by atoms with E-state index in [9.17, 15) is 0 Å². The van der Waals surface area contributed by atoms with Crippen LogP contribution in [-0.2, 0) is 6.61 Å². The molecule has 0 saturated heterocycles. The smallest absolute Gasteiger partial charge is 0.148 e. The van der Waals surface area contributed by atoms with Crippen LogP contribution < -0.4 is 4.74 Å². The minimum absolute atomic E-state index is 0.0187. The molecule has 17 heavy (non-hydrogen) atoms. The second kappa shape index (κ2) is 5.29. The van der Waals surface area contributed by atoms with Crippen LogP contribution in [0.15, 0.2) is 41.0 Å². The number of aliphatic hydroxyl groups is 1. The minimum Gasteiger partial charge on any atom is -0.454 e. The molecule has 0 saturated carbocycles. The molecular weight excluding hydrogens is 282 g/mol. The van der Waals surface area contributed by atoms with E-state index in [1.54, 1.807) is 6.20 Å². The highest BCUT2D eigenvalue weighted by Gasteiger charge is 2.06. The molecule has 4 heteroatoms. The van der Waals surface area contributed by atoms with Gasteiger partial charge in [0.25, 0.3) is 0 Å². The van der Waals surface area contributed by atoms with Gasteiger partial charge in [0.1, 0.15) is 11.5 Å². The van der Waals surface area contributed by atoms with Crippen LogP contribution in [0.5, 0.6) is 11.5 Å². The molecule has 0 unspecified atom stereocenters. The van der Waals surface area contributed by atoms with Crippen molar-refractivity contribution in [3.63, 3.8) is 0 Å². The molecule has 1 aromatic heterocycles. The Morgan fingerprint density at radius 3 is 2.76 bits per heavy atom. The molecule has 88 valence electrons. The van der Waals surface area contributed by atoms with Crippen molar-refractivity contribution < 1.29 is 9.84 Å². The lowest BCUT2D eigenvalue weighted by Crippen LogP contribution is -1.91. The van der Waals surface area contributed by atoms with E-state index in [2.05, 4.69) is 20.9 Å². The average molecular weight is 294 g/mol. The normalized spacial score (nSPS) is 10.3. The fraction of sp³-hybridized carbons (Fsp3) is 0.154. The van der Waals surface area contributed by atoms with E-state index in [1.807, 2.05) is 37.3 Å². The first kappa shape index (κ1) is 12.1. The van der Waals surface area contributed by atoms with E-state index in [-0.39, 0.29) is 6.61 Å². The SMILES string of the molecule is Cc1ncccc1Oc1ccc(CO)cc1Br. The number of halogens is 1. The zero-order valence-corrected chi connectivity index (χ0v) is 10.9. The molecule has 1 heterocycles. The number of benzene rings is 1. The number of aryl methyl sites for hydroxylation is 1. The molecule has 1 N–H and O–H groups in total. The van der Waals surface area contributed by atoms with Gasteiger partial charge in [0.2, 0.25) is 0 Å². The van der Waals surface area contributed by atoms with Crippen LogP contribution in [0.4, 0.5) is 0 Å². The van der Waals surface area contributed by atoms with Gasteiger partial charge in [-0.2, -0.15) is 0 Å². The summed E-state index contributed by atoms with van der Waals surface area (Å²) in [5.41, 5.74) is 1.68. The number of nitrogens with zero attached hydrogens (tertiary/aromatic N) is 1. The van der Waals surface area contributed by atoms with Crippen molar-refractivity contribution >= 4 is 15.9 Å². The summed E-state index contributed by atoms with van der Waals surface area (Å²) in [6, 6.07) is 9.18. The summed E-state index contributed by atoms with van der Waals surface area (Å²) >= 11 is 3.41. The summed E-state index contributed by atoms with van der Waals surface area (Å²) in [5, 5.41) is 9.02. The Bertz CT molecular complexity index is 529. The lowest BCUT2D eigenvalue weighted by Gasteiger charge is -2.10. The van der Waals surface area contributed by atoms with Gasteiger partial charge in [0.05, 0.1) is 16.8 Å². The molecule has 2 rings (SSSR count). The van der Waals surface area contributed by atoms with Crippen molar-refractivity contribution in [2.45, 2.75) is 13.5 Å². The summed E-state index contributed by atoms with van der Waals surface area (Å²) in [6.45, 7) is 1.91. The summed E-state index contributed by atoms with van der Waals surface area (Å²) in [5.74, 6) is 1.43. The van der Waals surface area contributed by atoms with Crippen LogP contribution in [0, 0.1) is 6.92 Å². The van der Waals surface area contributed by atoms with Crippen LogP contribution in [0.3, 0.4) is 0 Å². The number of hydrogen-bond acceptors (Lipinski definition) is 3. The van der Waals surface area contributed by atoms with Gasteiger partial charge in [-0.3, -0.25) is 4.98 Å². The maximum Gasteiger partial charge on any atom is 0.148 e. The molecular formula is C13H12BrNO2. The average Bonchev–Trinajstić information content (AvgIpc) is 2.34. The Hall–Kier alpha value is -1.39. The fourth-order valence-electron chi connectivity index (χ4n) is 1.42. The van der Waals surface area contributed by atoms with E-state index >= 15 is 0 Å². The molecule has 1 aromatic carbocycles. The van der Waals surface area contributed by atoms with Crippen molar-refractivity contribution in [2.75, 3.05) is 0 Å². The lowest BCUT2D eigenvalue weighted by molar-refractivity contribution is 0.281. The zero-order chi connectivity index (χ0) is 12.3. The molecule has 0 amide bonds. The van der Waals surface area contributed by atoms with E-state index in [4.69, 9.17) is 9.84 Å². The van der Waals surface area contributed by atoms with Gasteiger partial charge in [-0.05, 0) is 52.7 Å². The van der Waals surface area contributed by atoms with Crippen LogP contribution in [0.1, 0.15) is 11.3 Å². The third-order valence-electron chi connectivity index (χ3n) is 2.36. The first-order valence-corrected chi connectivity index (χ1v) is 5.99. The summed E-state index contributed by atoms with van der Waals surface area (Å²) in [6.07, 6.45) is 1.73. The molecule has 0 aliphatic rings. The van der Waals surface area contributed by atoms with Gasteiger partial charge >= 0.3 is 0 Å². The number of rotatable bonds is 3. The van der Waals surface area contributed by atoms with Gasteiger partial charge < -0.3 is 9.84 Å². The monoisotopic (exact) mass is 293 g/mol. The first-order chi connectivity index (χ1) is 8.20. The number of ether oxygens (including phenoxy) is 1. The summed E-state index contributed by atoms with van der Waals surface area (Å²) < 4.78 is 6.56. The van der Waals surface area contributed by atoms with Crippen molar-refractivity contribution in [1.82, 2.24) is 4.98 Å². The van der Waals surface area contributed by atoms with Gasteiger partial charge in [-0.15, -0.1) is 0 Å². The predicted octanol–water partition coefficient (Wildman–Crippen LogP) is 3.44. The van der Waals surface area contributed by atoms with Crippen LogP contribution in [0.2, 0.25) is 0 Å². The maximum absolute atomic E-state index is 9.02. The standard InChI is InChI=1S/C13H12BrNO2/c1-9-12(3-2-6-15-9)17-13-5-4-10(8-16)7-11(13)14/h2-7,16H,8H2,1H3. The van der Waals surface area contributed by atoms with Crippen molar-refractivity contribution in [1.29, 1.82) is 0 Å². The highest BCUT2D eigenvalue weighted by Crippen LogP contribution is 2.31. The molecule has 0 aliphatic heterocycles. The quantitative estimate of drug-likeness (QED) is 0.943. The molecule has 0 spiro atoms. The Morgan fingerprint density at radius 1 is 1.29 bits per heavy atom. The van der Waals surface area contributed by atoms with E-state index < -0.39 is 0 Å². The first-order valence-electron chi connectivity index (χ1n) is 5.19. The zero-order valence-electron chi connectivity index (χ0n) is 9.35. The van der Waals surface area contributed by atoms with Gasteiger partial charge in [0.15, 0.2) is 0 Å². The third kappa shape index (κ3) is 2.84. The molecule has 0 atom stereocenters. The van der Waals surface area contributed by atoms with E-state index in [1.165, 1.54) is 0 Å². The van der Waals surface area contributed by atoms with Crippen molar-refractivity contribution in [3.05, 3.63) is 52.3 Å². The van der Waals surface area contributed by atoms with Gasteiger partial charge in [-0.1, -0.05) is 6.07 Å². The molecule has 0 radical (unpaired) electrons.